The molecule has 1 unspecified atom stereocenters. The van der Waals surface area contributed by atoms with Crippen LogP contribution in [0.1, 0.15) is 17.4 Å². The van der Waals surface area contributed by atoms with Gasteiger partial charge in [-0.25, -0.2) is 9.18 Å². The Morgan fingerprint density at radius 2 is 2.05 bits per heavy atom. The van der Waals surface area contributed by atoms with Gasteiger partial charge in [0.15, 0.2) is 0 Å². The first-order chi connectivity index (χ1) is 10.1. The Labute approximate surface area is 121 Å². The number of halogens is 1. The number of aryl methyl sites for hydroxylation is 1. The van der Waals surface area contributed by atoms with E-state index < -0.39 is 12.1 Å². The zero-order chi connectivity index (χ0) is 15.2. The SMILES string of the molecule is Cn1nccc1CNC(=O)NCC(O)c1ccc(F)cc1. The molecule has 0 aliphatic rings. The molecule has 1 atom stereocenters. The average molecular weight is 292 g/mol. The number of rotatable bonds is 5. The maximum absolute atomic E-state index is 12.8. The highest BCUT2D eigenvalue weighted by molar-refractivity contribution is 5.73. The van der Waals surface area contributed by atoms with E-state index in [9.17, 15) is 14.3 Å². The molecule has 112 valence electrons. The summed E-state index contributed by atoms with van der Waals surface area (Å²) in [5.74, 6) is -0.368. The van der Waals surface area contributed by atoms with Gasteiger partial charge in [0.05, 0.1) is 18.3 Å². The number of hydrogen-bond donors (Lipinski definition) is 3. The van der Waals surface area contributed by atoms with Crippen LogP contribution in [0.3, 0.4) is 0 Å². The maximum atomic E-state index is 12.8. The third kappa shape index (κ3) is 4.28. The molecule has 7 heteroatoms. The molecule has 0 bridgehead atoms. The molecular formula is C14H17FN4O2. The lowest BCUT2D eigenvalue weighted by Crippen LogP contribution is -2.37. The predicted molar refractivity (Wildman–Crippen MR) is 74.8 cm³/mol. The van der Waals surface area contributed by atoms with Gasteiger partial charge in [0, 0.05) is 19.8 Å². The Bertz CT molecular complexity index is 597. The number of urea groups is 1. The fourth-order valence-corrected chi connectivity index (χ4v) is 1.80. The van der Waals surface area contributed by atoms with Crippen LogP contribution >= 0.6 is 0 Å². The van der Waals surface area contributed by atoms with Gasteiger partial charge in [-0.1, -0.05) is 12.1 Å². The molecule has 3 N–H and O–H groups in total. The molecule has 0 aliphatic carbocycles. The highest BCUT2D eigenvalue weighted by Crippen LogP contribution is 2.12. The second-order valence-electron chi connectivity index (χ2n) is 4.58. The largest absolute Gasteiger partial charge is 0.387 e. The average Bonchev–Trinajstić information content (AvgIpc) is 2.88. The van der Waals surface area contributed by atoms with Crippen LogP contribution in [-0.4, -0.2) is 27.5 Å². The minimum atomic E-state index is -0.881. The molecular weight excluding hydrogens is 275 g/mol. The van der Waals surface area contributed by atoms with E-state index in [1.54, 1.807) is 24.0 Å². The van der Waals surface area contributed by atoms with Crippen LogP contribution < -0.4 is 10.6 Å². The van der Waals surface area contributed by atoms with Gasteiger partial charge in [-0.3, -0.25) is 4.68 Å². The Morgan fingerprint density at radius 3 is 2.67 bits per heavy atom. The second kappa shape index (κ2) is 6.85. The first-order valence-electron chi connectivity index (χ1n) is 6.48. The number of carbonyl (C=O) groups excluding carboxylic acids is 1. The lowest BCUT2D eigenvalue weighted by Gasteiger charge is -2.13. The predicted octanol–water partition coefficient (Wildman–Crippen LogP) is 1.09. The summed E-state index contributed by atoms with van der Waals surface area (Å²) in [5, 5.41) is 19.1. The molecule has 0 radical (unpaired) electrons. The molecule has 1 aromatic heterocycles. The van der Waals surface area contributed by atoms with Gasteiger partial charge in [-0.15, -0.1) is 0 Å². The summed E-state index contributed by atoms with van der Waals surface area (Å²) in [4.78, 5) is 11.6. The summed E-state index contributed by atoms with van der Waals surface area (Å²) in [7, 11) is 1.78. The van der Waals surface area contributed by atoms with Crippen molar-refractivity contribution in [1.82, 2.24) is 20.4 Å². The van der Waals surface area contributed by atoms with Crippen LogP contribution in [0.2, 0.25) is 0 Å². The van der Waals surface area contributed by atoms with Crippen LogP contribution in [0.15, 0.2) is 36.5 Å². The molecule has 0 fully saturated rings. The van der Waals surface area contributed by atoms with E-state index in [0.717, 1.165) is 5.69 Å². The number of hydrogen-bond acceptors (Lipinski definition) is 3. The highest BCUT2D eigenvalue weighted by atomic mass is 19.1. The molecule has 0 aliphatic heterocycles. The van der Waals surface area contributed by atoms with Gasteiger partial charge in [0.25, 0.3) is 0 Å². The number of benzene rings is 1. The van der Waals surface area contributed by atoms with Crippen molar-refractivity contribution >= 4 is 6.03 Å². The van der Waals surface area contributed by atoms with E-state index in [4.69, 9.17) is 0 Å². The normalized spacial score (nSPS) is 12.0. The van der Waals surface area contributed by atoms with E-state index >= 15 is 0 Å². The van der Waals surface area contributed by atoms with E-state index in [1.807, 2.05) is 0 Å². The fraction of sp³-hybridized carbons (Fsp3) is 0.286. The highest BCUT2D eigenvalue weighted by Gasteiger charge is 2.09. The quantitative estimate of drug-likeness (QED) is 0.772. The summed E-state index contributed by atoms with van der Waals surface area (Å²) in [6.07, 6.45) is 0.765. The molecule has 0 saturated heterocycles. The van der Waals surface area contributed by atoms with Crippen molar-refractivity contribution in [1.29, 1.82) is 0 Å². The van der Waals surface area contributed by atoms with Gasteiger partial charge in [-0.05, 0) is 23.8 Å². The Morgan fingerprint density at radius 1 is 1.33 bits per heavy atom. The Balaban J connectivity index is 1.76. The van der Waals surface area contributed by atoms with Gasteiger partial charge < -0.3 is 15.7 Å². The minimum absolute atomic E-state index is 0.0445. The van der Waals surface area contributed by atoms with Crippen molar-refractivity contribution in [3.05, 3.63) is 53.6 Å². The molecule has 21 heavy (non-hydrogen) atoms. The Hall–Kier alpha value is -2.41. The Kier molecular flexibility index (Phi) is 4.89. The number of aliphatic hydroxyl groups excluding tert-OH is 1. The number of amides is 2. The number of aromatic nitrogens is 2. The lowest BCUT2D eigenvalue weighted by molar-refractivity contribution is 0.173. The van der Waals surface area contributed by atoms with Gasteiger partial charge in [0.1, 0.15) is 5.82 Å². The van der Waals surface area contributed by atoms with Crippen LogP contribution in [0.5, 0.6) is 0 Å². The zero-order valence-electron chi connectivity index (χ0n) is 11.6. The summed E-state index contributed by atoms with van der Waals surface area (Å²) in [6, 6.07) is 6.90. The van der Waals surface area contributed by atoms with Crippen molar-refractivity contribution in [3.8, 4) is 0 Å². The van der Waals surface area contributed by atoms with Crippen molar-refractivity contribution in [3.63, 3.8) is 0 Å². The number of aliphatic hydroxyl groups is 1. The van der Waals surface area contributed by atoms with Crippen molar-refractivity contribution in [2.75, 3.05) is 6.54 Å². The molecule has 0 saturated carbocycles. The standard InChI is InChI=1S/C14H17FN4O2/c1-19-12(6-7-18-19)8-16-14(21)17-9-13(20)10-2-4-11(15)5-3-10/h2-7,13,20H,8-9H2,1H3,(H2,16,17,21). The van der Waals surface area contributed by atoms with E-state index in [-0.39, 0.29) is 12.4 Å². The van der Waals surface area contributed by atoms with Crippen LogP contribution in [0.4, 0.5) is 9.18 Å². The monoisotopic (exact) mass is 292 g/mol. The fourth-order valence-electron chi connectivity index (χ4n) is 1.80. The van der Waals surface area contributed by atoms with Crippen molar-refractivity contribution in [2.45, 2.75) is 12.6 Å². The first-order valence-corrected chi connectivity index (χ1v) is 6.48. The molecule has 1 aromatic carbocycles. The lowest BCUT2D eigenvalue weighted by atomic mass is 10.1. The zero-order valence-corrected chi connectivity index (χ0v) is 11.6. The molecule has 2 amide bonds. The topological polar surface area (TPSA) is 79.2 Å². The third-order valence-corrected chi connectivity index (χ3v) is 3.06. The third-order valence-electron chi connectivity index (χ3n) is 3.06. The number of nitrogens with zero attached hydrogens (tertiary/aromatic N) is 2. The minimum Gasteiger partial charge on any atom is -0.387 e. The molecule has 1 heterocycles. The summed E-state index contributed by atoms with van der Waals surface area (Å²) in [5.41, 5.74) is 1.41. The van der Waals surface area contributed by atoms with Gasteiger partial charge in [0.2, 0.25) is 0 Å². The van der Waals surface area contributed by atoms with Crippen LogP contribution in [-0.2, 0) is 13.6 Å². The van der Waals surface area contributed by atoms with Crippen molar-refractivity contribution < 1.29 is 14.3 Å². The number of carbonyl (C=O) groups is 1. The molecule has 0 spiro atoms. The van der Waals surface area contributed by atoms with Crippen LogP contribution in [0, 0.1) is 5.82 Å². The van der Waals surface area contributed by atoms with Gasteiger partial charge >= 0.3 is 6.03 Å². The second-order valence-corrected chi connectivity index (χ2v) is 4.58. The summed E-state index contributed by atoms with van der Waals surface area (Å²) in [6.45, 7) is 0.387. The van der Waals surface area contributed by atoms with E-state index in [2.05, 4.69) is 15.7 Å². The van der Waals surface area contributed by atoms with Crippen LogP contribution in [0.25, 0.3) is 0 Å². The molecule has 2 aromatic rings. The smallest absolute Gasteiger partial charge is 0.315 e. The molecule has 2 rings (SSSR count). The molecule has 6 nitrogen and oxygen atoms in total. The van der Waals surface area contributed by atoms with E-state index in [1.165, 1.54) is 24.3 Å². The summed E-state index contributed by atoms with van der Waals surface area (Å²) < 4.78 is 14.4. The number of nitrogens with one attached hydrogen (secondary N) is 2. The summed E-state index contributed by atoms with van der Waals surface area (Å²) >= 11 is 0. The van der Waals surface area contributed by atoms with Gasteiger partial charge in [-0.2, -0.15) is 5.10 Å². The van der Waals surface area contributed by atoms with Crippen molar-refractivity contribution in [2.24, 2.45) is 7.05 Å². The first kappa shape index (κ1) is 15.0. The van der Waals surface area contributed by atoms with E-state index in [0.29, 0.717) is 12.1 Å². The maximum Gasteiger partial charge on any atom is 0.315 e.